The molecule has 1 aromatic heterocycles. The number of carbonyl (C=O) groups is 1. The first-order valence-corrected chi connectivity index (χ1v) is 5.12. The maximum atomic E-state index is 11.0. The van der Waals surface area contributed by atoms with Gasteiger partial charge < -0.3 is 10.0 Å². The molecule has 0 radical (unpaired) electrons. The van der Waals surface area contributed by atoms with Gasteiger partial charge in [-0.1, -0.05) is 11.6 Å². The summed E-state index contributed by atoms with van der Waals surface area (Å²) >= 11 is 5.83. The number of anilines is 1. The van der Waals surface area contributed by atoms with Gasteiger partial charge in [0.05, 0.1) is 5.02 Å². The van der Waals surface area contributed by atoms with Crippen LogP contribution in [0.4, 0.5) is 5.82 Å². The van der Waals surface area contributed by atoms with E-state index in [1.54, 1.807) is 0 Å². The molecule has 4 nitrogen and oxygen atoms in total. The Morgan fingerprint density at radius 1 is 1.53 bits per heavy atom. The quantitative estimate of drug-likeness (QED) is 0.859. The number of halogens is 1. The summed E-state index contributed by atoms with van der Waals surface area (Å²) in [5, 5.41) is 9.26. The molecule has 1 rings (SSSR count). The molecule has 0 aromatic carbocycles. The van der Waals surface area contributed by atoms with Gasteiger partial charge in [0.15, 0.2) is 0 Å². The lowest BCUT2D eigenvalue weighted by molar-refractivity contribution is 0.0697. The van der Waals surface area contributed by atoms with Crippen LogP contribution in [0.2, 0.25) is 5.02 Å². The van der Waals surface area contributed by atoms with E-state index in [9.17, 15) is 4.79 Å². The maximum Gasteiger partial charge on any atom is 0.341 e. The second kappa shape index (κ2) is 4.98. The molecule has 0 atom stereocenters. The number of hydrogen-bond acceptors (Lipinski definition) is 3. The fourth-order valence-electron chi connectivity index (χ4n) is 1.39. The summed E-state index contributed by atoms with van der Waals surface area (Å²) < 4.78 is 0. The average molecular weight is 229 g/mol. The van der Waals surface area contributed by atoms with E-state index in [0.717, 1.165) is 0 Å². The van der Waals surface area contributed by atoms with Crippen LogP contribution in [0.1, 0.15) is 24.2 Å². The molecule has 0 aliphatic heterocycles. The minimum absolute atomic E-state index is 0.0721. The van der Waals surface area contributed by atoms with E-state index < -0.39 is 5.97 Å². The highest BCUT2D eigenvalue weighted by molar-refractivity contribution is 6.34. The predicted octanol–water partition coefficient (Wildman–Crippen LogP) is 2.28. The van der Waals surface area contributed by atoms with Crippen LogP contribution in [0.15, 0.2) is 12.3 Å². The van der Waals surface area contributed by atoms with Crippen molar-refractivity contribution >= 4 is 23.4 Å². The second-order valence-electron chi connectivity index (χ2n) is 2.97. The summed E-state index contributed by atoms with van der Waals surface area (Å²) in [6.45, 7) is 5.28. The molecule has 82 valence electrons. The molecule has 0 fully saturated rings. The van der Waals surface area contributed by atoms with Gasteiger partial charge in [0.25, 0.3) is 0 Å². The Morgan fingerprint density at radius 3 is 2.60 bits per heavy atom. The van der Waals surface area contributed by atoms with Gasteiger partial charge in [0, 0.05) is 19.3 Å². The Hall–Kier alpha value is -1.29. The lowest BCUT2D eigenvalue weighted by atomic mass is 10.2. The Kier molecular flexibility index (Phi) is 3.91. The summed E-state index contributed by atoms with van der Waals surface area (Å²) in [7, 11) is 0. The van der Waals surface area contributed by atoms with Crippen LogP contribution in [0, 0.1) is 0 Å². The fraction of sp³-hybridized carbons (Fsp3) is 0.400. The zero-order valence-corrected chi connectivity index (χ0v) is 9.45. The van der Waals surface area contributed by atoms with Crippen molar-refractivity contribution in [2.75, 3.05) is 18.0 Å². The second-order valence-corrected chi connectivity index (χ2v) is 3.38. The normalized spacial score (nSPS) is 10.1. The summed E-state index contributed by atoms with van der Waals surface area (Å²) in [4.78, 5) is 16.9. The molecule has 0 amide bonds. The summed E-state index contributed by atoms with van der Waals surface area (Å²) in [6, 6.07) is 1.48. The van der Waals surface area contributed by atoms with Gasteiger partial charge >= 0.3 is 5.97 Å². The number of pyridine rings is 1. The molecule has 0 bridgehead atoms. The Bertz CT molecular complexity index is 364. The minimum Gasteiger partial charge on any atom is -0.478 e. The first-order chi connectivity index (χ1) is 7.11. The molecule has 0 spiro atoms. The van der Waals surface area contributed by atoms with E-state index in [0.29, 0.717) is 18.9 Å². The lowest BCUT2D eigenvalue weighted by Crippen LogP contribution is -2.25. The van der Waals surface area contributed by atoms with Gasteiger partial charge in [-0.15, -0.1) is 0 Å². The molecule has 5 heteroatoms. The largest absolute Gasteiger partial charge is 0.478 e. The van der Waals surface area contributed by atoms with Crippen molar-refractivity contribution in [1.29, 1.82) is 0 Å². The Balaban J connectivity index is 3.27. The SMILES string of the molecule is CCN(CC)c1nccc(Cl)c1C(=O)O. The van der Waals surface area contributed by atoms with E-state index in [-0.39, 0.29) is 10.6 Å². The van der Waals surface area contributed by atoms with Gasteiger partial charge in [-0.05, 0) is 19.9 Å². The Morgan fingerprint density at radius 2 is 2.13 bits per heavy atom. The van der Waals surface area contributed by atoms with Crippen molar-refractivity contribution in [1.82, 2.24) is 4.98 Å². The van der Waals surface area contributed by atoms with Gasteiger partial charge in [-0.2, -0.15) is 0 Å². The molecule has 0 aliphatic rings. The molecule has 0 saturated heterocycles. The van der Waals surface area contributed by atoms with Gasteiger partial charge in [0.2, 0.25) is 0 Å². The van der Waals surface area contributed by atoms with E-state index >= 15 is 0 Å². The fourth-order valence-corrected chi connectivity index (χ4v) is 1.61. The number of carboxylic acid groups (broad SMARTS) is 1. The van der Waals surface area contributed by atoms with Gasteiger partial charge in [-0.25, -0.2) is 9.78 Å². The van der Waals surface area contributed by atoms with Crippen LogP contribution in [-0.2, 0) is 0 Å². The molecule has 1 heterocycles. The van der Waals surface area contributed by atoms with E-state index in [1.807, 2.05) is 18.7 Å². The van der Waals surface area contributed by atoms with Crippen molar-refractivity contribution in [3.05, 3.63) is 22.8 Å². The third-order valence-corrected chi connectivity index (χ3v) is 2.47. The van der Waals surface area contributed by atoms with Crippen LogP contribution >= 0.6 is 11.6 Å². The first-order valence-electron chi connectivity index (χ1n) is 4.74. The number of nitrogens with zero attached hydrogens (tertiary/aromatic N) is 2. The van der Waals surface area contributed by atoms with E-state index in [1.165, 1.54) is 12.3 Å². The highest BCUT2D eigenvalue weighted by atomic mass is 35.5. The maximum absolute atomic E-state index is 11.0. The van der Waals surface area contributed by atoms with Crippen molar-refractivity contribution in [2.45, 2.75) is 13.8 Å². The summed E-state index contributed by atoms with van der Waals surface area (Å²) in [5.41, 5.74) is 0.0721. The van der Waals surface area contributed by atoms with Crippen molar-refractivity contribution < 1.29 is 9.90 Å². The molecular formula is C10H13ClN2O2. The smallest absolute Gasteiger partial charge is 0.341 e. The number of carboxylic acids is 1. The van der Waals surface area contributed by atoms with Crippen molar-refractivity contribution in [3.8, 4) is 0 Å². The molecule has 15 heavy (non-hydrogen) atoms. The third kappa shape index (κ3) is 2.39. The van der Waals surface area contributed by atoms with E-state index in [4.69, 9.17) is 16.7 Å². The van der Waals surface area contributed by atoms with Crippen molar-refractivity contribution in [2.24, 2.45) is 0 Å². The van der Waals surface area contributed by atoms with E-state index in [2.05, 4.69) is 4.98 Å². The Labute approximate surface area is 93.5 Å². The van der Waals surface area contributed by atoms with Crippen LogP contribution in [0.5, 0.6) is 0 Å². The minimum atomic E-state index is -1.05. The van der Waals surface area contributed by atoms with Crippen LogP contribution in [0.25, 0.3) is 0 Å². The molecule has 1 N–H and O–H groups in total. The zero-order chi connectivity index (χ0) is 11.4. The molecule has 1 aromatic rings. The molecule has 0 unspecified atom stereocenters. The topological polar surface area (TPSA) is 53.4 Å². The van der Waals surface area contributed by atoms with Gasteiger partial charge in [-0.3, -0.25) is 0 Å². The lowest BCUT2D eigenvalue weighted by Gasteiger charge is -2.21. The third-order valence-electron chi connectivity index (χ3n) is 2.16. The van der Waals surface area contributed by atoms with Crippen LogP contribution in [0.3, 0.4) is 0 Å². The number of rotatable bonds is 4. The highest BCUT2D eigenvalue weighted by Gasteiger charge is 2.18. The van der Waals surface area contributed by atoms with Crippen LogP contribution in [-0.4, -0.2) is 29.1 Å². The standard InChI is InChI=1S/C10H13ClN2O2/c1-3-13(4-2)9-8(10(14)15)7(11)5-6-12-9/h5-6H,3-4H2,1-2H3,(H,14,15). The molecular weight excluding hydrogens is 216 g/mol. The van der Waals surface area contributed by atoms with Crippen LogP contribution < -0.4 is 4.90 Å². The monoisotopic (exact) mass is 228 g/mol. The molecule has 0 aliphatic carbocycles. The number of aromatic nitrogens is 1. The predicted molar refractivity (Wildman–Crippen MR) is 59.8 cm³/mol. The first kappa shape index (κ1) is 11.8. The number of hydrogen-bond donors (Lipinski definition) is 1. The van der Waals surface area contributed by atoms with Crippen molar-refractivity contribution in [3.63, 3.8) is 0 Å². The summed E-state index contributed by atoms with van der Waals surface area (Å²) in [6.07, 6.45) is 1.52. The zero-order valence-electron chi connectivity index (χ0n) is 8.70. The highest BCUT2D eigenvalue weighted by Crippen LogP contribution is 2.24. The number of aromatic carboxylic acids is 1. The molecule has 0 saturated carbocycles. The summed E-state index contributed by atoms with van der Waals surface area (Å²) in [5.74, 6) is -0.616. The average Bonchev–Trinajstić information content (AvgIpc) is 2.19. The van der Waals surface area contributed by atoms with Gasteiger partial charge in [0.1, 0.15) is 11.4 Å².